The average Bonchev–Trinajstić information content (AvgIpc) is 2.39. The SMILES string of the molecule is CC(CCO)CC(O)C1(CO)CCC(CO)CC1. The molecular weight excluding hydrogens is 232 g/mol. The van der Waals surface area contributed by atoms with E-state index in [0.717, 1.165) is 25.7 Å². The molecule has 2 unspecified atom stereocenters. The Bertz CT molecular complexity index is 224. The fraction of sp³-hybridized carbons (Fsp3) is 1.00. The highest BCUT2D eigenvalue weighted by Crippen LogP contribution is 2.43. The zero-order valence-electron chi connectivity index (χ0n) is 11.4. The van der Waals surface area contributed by atoms with Crippen LogP contribution >= 0.6 is 0 Å². The fourth-order valence-electron chi connectivity index (χ4n) is 3.00. The summed E-state index contributed by atoms with van der Waals surface area (Å²) in [6.07, 6.45) is 4.13. The highest BCUT2D eigenvalue weighted by Gasteiger charge is 2.40. The first-order valence-electron chi connectivity index (χ1n) is 7.08. The van der Waals surface area contributed by atoms with Gasteiger partial charge in [-0.3, -0.25) is 0 Å². The summed E-state index contributed by atoms with van der Waals surface area (Å²) in [5.74, 6) is 0.593. The molecule has 1 saturated carbocycles. The van der Waals surface area contributed by atoms with Crippen molar-refractivity contribution in [3.05, 3.63) is 0 Å². The first-order chi connectivity index (χ1) is 8.57. The molecule has 0 radical (unpaired) electrons. The van der Waals surface area contributed by atoms with E-state index in [1.54, 1.807) is 0 Å². The fourth-order valence-corrected chi connectivity index (χ4v) is 3.00. The molecule has 0 bridgehead atoms. The van der Waals surface area contributed by atoms with Crippen LogP contribution in [0, 0.1) is 17.3 Å². The lowest BCUT2D eigenvalue weighted by molar-refractivity contribution is -0.0647. The Hall–Kier alpha value is -0.160. The van der Waals surface area contributed by atoms with Crippen LogP contribution in [0.1, 0.15) is 45.4 Å². The molecule has 0 spiro atoms. The molecule has 1 aliphatic carbocycles. The monoisotopic (exact) mass is 260 g/mol. The van der Waals surface area contributed by atoms with E-state index in [4.69, 9.17) is 10.2 Å². The lowest BCUT2D eigenvalue weighted by atomic mass is 9.66. The van der Waals surface area contributed by atoms with Gasteiger partial charge < -0.3 is 20.4 Å². The van der Waals surface area contributed by atoms with Crippen LogP contribution in [-0.2, 0) is 0 Å². The Kier molecular flexibility index (Phi) is 6.57. The third kappa shape index (κ3) is 3.92. The van der Waals surface area contributed by atoms with E-state index < -0.39 is 11.5 Å². The molecule has 0 aromatic carbocycles. The lowest BCUT2D eigenvalue weighted by Gasteiger charge is -2.42. The first kappa shape index (κ1) is 15.9. The number of rotatable bonds is 7. The third-order valence-electron chi connectivity index (χ3n) is 4.63. The van der Waals surface area contributed by atoms with Gasteiger partial charge in [-0.2, -0.15) is 0 Å². The highest BCUT2D eigenvalue weighted by molar-refractivity contribution is 4.91. The summed E-state index contributed by atoms with van der Waals surface area (Å²) in [4.78, 5) is 0. The van der Waals surface area contributed by atoms with E-state index in [-0.39, 0.29) is 25.7 Å². The van der Waals surface area contributed by atoms with Gasteiger partial charge in [-0.25, -0.2) is 0 Å². The first-order valence-corrected chi connectivity index (χ1v) is 7.08. The predicted molar refractivity (Wildman–Crippen MR) is 70.1 cm³/mol. The Labute approximate surface area is 110 Å². The molecule has 108 valence electrons. The second kappa shape index (κ2) is 7.43. The van der Waals surface area contributed by atoms with Gasteiger partial charge >= 0.3 is 0 Å². The van der Waals surface area contributed by atoms with E-state index in [1.165, 1.54) is 0 Å². The van der Waals surface area contributed by atoms with Crippen molar-refractivity contribution in [3.63, 3.8) is 0 Å². The van der Waals surface area contributed by atoms with Gasteiger partial charge in [0.25, 0.3) is 0 Å². The van der Waals surface area contributed by atoms with Gasteiger partial charge in [-0.05, 0) is 50.4 Å². The van der Waals surface area contributed by atoms with Gasteiger partial charge in [-0.15, -0.1) is 0 Å². The van der Waals surface area contributed by atoms with Gasteiger partial charge in [0.2, 0.25) is 0 Å². The molecule has 4 nitrogen and oxygen atoms in total. The molecule has 0 heterocycles. The van der Waals surface area contributed by atoms with Crippen molar-refractivity contribution < 1.29 is 20.4 Å². The third-order valence-corrected chi connectivity index (χ3v) is 4.63. The van der Waals surface area contributed by atoms with E-state index in [2.05, 4.69) is 0 Å². The standard InChI is InChI=1S/C14H28O4/c1-11(4-7-15)8-13(18)14(10-17)5-2-12(9-16)3-6-14/h11-13,15-18H,2-10H2,1H3. The molecule has 18 heavy (non-hydrogen) atoms. The van der Waals surface area contributed by atoms with Crippen molar-refractivity contribution in [2.75, 3.05) is 19.8 Å². The molecule has 1 aliphatic rings. The summed E-state index contributed by atoms with van der Waals surface area (Å²) < 4.78 is 0. The molecule has 0 aromatic rings. The van der Waals surface area contributed by atoms with Crippen LogP contribution in [0.15, 0.2) is 0 Å². The van der Waals surface area contributed by atoms with Crippen molar-refractivity contribution in [2.45, 2.75) is 51.6 Å². The second-order valence-electron chi connectivity index (χ2n) is 6.02. The average molecular weight is 260 g/mol. The molecule has 4 heteroatoms. The predicted octanol–water partition coefficient (Wildman–Crippen LogP) is 0.917. The number of hydrogen-bond donors (Lipinski definition) is 4. The van der Waals surface area contributed by atoms with Crippen LogP contribution < -0.4 is 0 Å². The quantitative estimate of drug-likeness (QED) is 0.548. The Morgan fingerprint density at radius 1 is 1.17 bits per heavy atom. The molecule has 0 aliphatic heterocycles. The highest BCUT2D eigenvalue weighted by atomic mass is 16.3. The lowest BCUT2D eigenvalue weighted by Crippen LogP contribution is -2.43. The van der Waals surface area contributed by atoms with Crippen LogP contribution in [-0.4, -0.2) is 46.4 Å². The van der Waals surface area contributed by atoms with Crippen molar-refractivity contribution in [3.8, 4) is 0 Å². The van der Waals surface area contributed by atoms with Gasteiger partial charge in [0.15, 0.2) is 0 Å². The number of aliphatic hydroxyl groups is 4. The summed E-state index contributed by atoms with van der Waals surface area (Å²) in [6.45, 7) is 2.38. The Balaban J connectivity index is 2.53. The van der Waals surface area contributed by atoms with E-state index in [1.807, 2.05) is 6.92 Å². The second-order valence-corrected chi connectivity index (χ2v) is 6.02. The molecule has 2 atom stereocenters. The van der Waals surface area contributed by atoms with Crippen LogP contribution in [0.4, 0.5) is 0 Å². The normalized spacial score (nSPS) is 32.2. The summed E-state index contributed by atoms with van der Waals surface area (Å²) in [6, 6.07) is 0. The van der Waals surface area contributed by atoms with Gasteiger partial charge in [-0.1, -0.05) is 6.92 Å². The minimum absolute atomic E-state index is 0.0121. The van der Waals surface area contributed by atoms with Crippen molar-refractivity contribution in [1.82, 2.24) is 0 Å². The summed E-state index contributed by atoms with van der Waals surface area (Å²) in [7, 11) is 0. The van der Waals surface area contributed by atoms with Gasteiger partial charge in [0, 0.05) is 18.6 Å². The molecule has 0 amide bonds. The van der Waals surface area contributed by atoms with Crippen molar-refractivity contribution in [2.24, 2.45) is 17.3 Å². The maximum Gasteiger partial charge on any atom is 0.0620 e. The van der Waals surface area contributed by atoms with Crippen LogP contribution in [0.5, 0.6) is 0 Å². The summed E-state index contributed by atoms with van der Waals surface area (Å²) in [5.41, 5.74) is -0.393. The maximum absolute atomic E-state index is 10.4. The topological polar surface area (TPSA) is 80.9 Å². The Morgan fingerprint density at radius 2 is 1.78 bits per heavy atom. The largest absolute Gasteiger partial charge is 0.396 e. The zero-order chi connectivity index (χ0) is 13.6. The van der Waals surface area contributed by atoms with Crippen LogP contribution in [0.25, 0.3) is 0 Å². The van der Waals surface area contributed by atoms with E-state index in [0.29, 0.717) is 18.8 Å². The smallest absolute Gasteiger partial charge is 0.0620 e. The summed E-state index contributed by atoms with van der Waals surface area (Å²) in [5, 5.41) is 38.0. The zero-order valence-corrected chi connectivity index (χ0v) is 11.4. The van der Waals surface area contributed by atoms with Crippen LogP contribution in [0.3, 0.4) is 0 Å². The van der Waals surface area contributed by atoms with Crippen LogP contribution in [0.2, 0.25) is 0 Å². The molecule has 1 fully saturated rings. The minimum Gasteiger partial charge on any atom is -0.396 e. The number of hydrogen-bond acceptors (Lipinski definition) is 4. The van der Waals surface area contributed by atoms with Gasteiger partial charge in [0.05, 0.1) is 12.7 Å². The summed E-state index contributed by atoms with van der Waals surface area (Å²) >= 11 is 0. The van der Waals surface area contributed by atoms with E-state index in [9.17, 15) is 10.2 Å². The maximum atomic E-state index is 10.4. The molecule has 4 N–H and O–H groups in total. The van der Waals surface area contributed by atoms with E-state index >= 15 is 0 Å². The molecule has 0 aromatic heterocycles. The minimum atomic E-state index is -0.510. The van der Waals surface area contributed by atoms with Crippen molar-refractivity contribution in [1.29, 1.82) is 0 Å². The molecule has 0 saturated heterocycles. The van der Waals surface area contributed by atoms with Gasteiger partial charge in [0.1, 0.15) is 0 Å². The molecular formula is C14H28O4. The number of aliphatic hydroxyl groups excluding tert-OH is 4. The Morgan fingerprint density at radius 3 is 2.22 bits per heavy atom. The van der Waals surface area contributed by atoms with Crippen molar-refractivity contribution >= 4 is 0 Å². The molecule has 1 rings (SSSR count).